The van der Waals surface area contributed by atoms with E-state index in [1.165, 1.54) is 11.8 Å². The number of rotatable bonds is 2. The molecule has 0 unspecified atom stereocenters. The Labute approximate surface area is 79.6 Å². The minimum absolute atomic E-state index is 0.0693. The number of thioether (sulfide) groups is 1. The van der Waals surface area contributed by atoms with Crippen LogP contribution in [0.15, 0.2) is 28.4 Å². The average molecular weight is 196 g/mol. The Kier molecular flexibility index (Phi) is 2.10. The highest BCUT2D eigenvalue weighted by Gasteiger charge is 2.24. The highest BCUT2D eigenvalue weighted by molar-refractivity contribution is 8.16. The Morgan fingerprint density at radius 3 is 3.38 bits per heavy atom. The summed E-state index contributed by atoms with van der Waals surface area (Å²) >= 11 is 1.48. The van der Waals surface area contributed by atoms with Gasteiger partial charge in [-0.25, -0.2) is 4.99 Å². The van der Waals surface area contributed by atoms with Gasteiger partial charge in [0.05, 0.1) is 6.42 Å². The summed E-state index contributed by atoms with van der Waals surface area (Å²) in [4.78, 5) is 16.5. The first kappa shape index (κ1) is 8.37. The summed E-state index contributed by atoms with van der Waals surface area (Å²) in [6.07, 6.45) is 3.72. The minimum atomic E-state index is -0.803. The molecule has 68 valence electrons. The Morgan fingerprint density at radius 1 is 1.77 bits per heavy atom. The third-order valence-electron chi connectivity index (χ3n) is 1.79. The molecule has 4 nitrogen and oxygen atoms in total. The van der Waals surface area contributed by atoms with Crippen LogP contribution >= 0.6 is 11.8 Å². The van der Waals surface area contributed by atoms with Crippen LogP contribution in [0.5, 0.6) is 0 Å². The Bertz CT molecular complexity index is 333. The normalized spacial score (nSPS) is 19.5. The quantitative estimate of drug-likeness (QED) is 0.721. The van der Waals surface area contributed by atoms with Crippen LogP contribution in [0.2, 0.25) is 0 Å². The lowest BCUT2D eigenvalue weighted by atomic mass is 10.3. The molecule has 0 amide bonds. The molecular weight excluding hydrogens is 188 g/mol. The summed E-state index contributed by atoms with van der Waals surface area (Å²) in [5, 5.41) is 11.4. The summed E-state index contributed by atoms with van der Waals surface area (Å²) < 4.78 is 0. The van der Waals surface area contributed by atoms with Gasteiger partial charge in [-0.05, 0) is 11.5 Å². The molecule has 0 atom stereocenters. The van der Waals surface area contributed by atoms with E-state index in [1.807, 2.05) is 16.4 Å². The van der Waals surface area contributed by atoms with Crippen LogP contribution in [0, 0.1) is 0 Å². The third kappa shape index (κ3) is 1.60. The number of aliphatic imine (C=N–C) groups is 1. The molecule has 0 aromatic rings. The van der Waals surface area contributed by atoms with Crippen molar-refractivity contribution in [3.8, 4) is 0 Å². The van der Waals surface area contributed by atoms with Crippen molar-refractivity contribution in [2.24, 2.45) is 4.99 Å². The smallest absolute Gasteiger partial charge is 0.309 e. The standard InChI is InChI=1S/C8H8N2O2S/c11-7(12)4-6-5-13-8-9-2-1-3-10(6)8/h1-2,5H,3-4H2,(H,11,12). The van der Waals surface area contributed by atoms with Gasteiger partial charge in [0.1, 0.15) is 0 Å². The van der Waals surface area contributed by atoms with Crippen LogP contribution in [0.3, 0.4) is 0 Å². The predicted octanol–water partition coefficient (Wildman–Crippen LogP) is 1.23. The number of carboxylic acids is 1. The molecule has 0 spiro atoms. The van der Waals surface area contributed by atoms with Crippen molar-refractivity contribution in [1.29, 1.82) is 0 Å². The number of nitrogens with zero attached hydrogens (tertiary/aromatic N) is 2. The number of hydrogen-bond donors (Lipinski definition) is 1. The van der Waals surface area contributed by atoms with Crippen molar-refractivity contribution < 1.29 is 9.90 Å². The van der Waals surface area contributed by atoms with Gasteiger partial charge in [-0.15, -0.1) is 0 Å². The Hall–Kier alpha value is -1.23. The summed E-state index contributed by atoms with van der Waals surface area (Å²) in [5.41, 5.74) is 0.820. The average Bonchev–Trinajstić information content (AvgIpc) is 2.48. The monoisotopic (exact) mass is 196 g/mol. The summed E-state index contributed by atoms with van der Waals surface area (Å²) in [5.74, 6) is -0.803. The molecule has 2 rings (SSSR count). The van der Waals surface area contributed by atoms with Crippen molar-refractivity contribution in [2.75, 3.05) is 6.54 Å². The second-order valence-corrected chi connectivity index (χ2v) is 3.54. The maximum Gasteiger partial charge on any atom is 0.309 e. The van der Waals surface area contributed by atoms with Crippen molar-refractivity contribution in [3.05, 3.63) is 23.4 Å². The fraction of sp³-hybridized carbons (Fsp3) is 0.250. The third-order valence-corrected chi connectivity index (χ3v) is 2.72. The van der Waals surface area contributed by atoms with Crippen molar-refractivity contribution in [3.63, 3.8) is 0 Å². The first-order chi connectivity index (χ1) is 6.27. The van der Waals surface area contributed by atoms with Crippen molar-refractivity contribution in [2.45, 2.75) is 6.42 Å². The molecule has 2 heterocycles. The lowest BCUT2D eigenvalue weighted by molar-refractivity contribution is -0.136. The molecule has 2 aliphatic rings. The van der Waals surface area contributed by atoms with E-state index in [-0.39, 0.29) is 6.42 Å². The molecule has 5 heteroatoms. The predicted molar refractivity (Wildman–Crippen MR) is 51.2 cm³/mol. The first-order valence-electron chi connectivity index (χ1n) is 3.85. The molecular formula is C8H8N2O2S. The maximum absolute atomic E-state index is 10.5. The zero-order chi connectivity index (χ0) is 9.26. The largest absolute Gasteiger partial charge is 0.481 e. The second kappa shape index (κ2) is 3.26. The molecule has 0 aliphatic carbocycles. The van der Waals surface area contributed by atoms with Gasteiger partial charge in [-0.1, -0.05) is 11.8 Å². The highest BCUT2D eigenvalue weighted by atomic mass is 32.2. The number of carboxylic acid groups (broad SMARTS) is 1. The van der Waals surface area contributed by atoms with E-state index < -0.39 is 5.97 Å². The minimum Gasteiger partial charge on any atom is -0.481 e. The maximum atomic E-state index is 10.5. The molecule has 0 aromatic heterocycles. The van der Waals surface area contributed by atoms with Crippen LogP contribution < -0.4 is 0 Å². The fourth-order valence-corrected chi connectivity index (χ4v) is 2.12. The molecule has 0 saturated carbocycles. The van der Waals surface area contributed by atoms with Gasteiger partial charge in [-0.3, -0.25) is 4.79 Å². The number of carbonyl (C=O) groups is 1. The SMILES string of the molecule is O=C(O)CC1=CSC2=NC=CCN12. The van der Waals surface area contributed by atoms with Gasteiger partial charge in [0.15, 0.2) is 5.17 Å². The summed E-state index contributed by atoms with van der Waals surface area (Å²) in [6.45, 7) is 0.727. The topological polar surface area (TPSA) is 52.9 Å². The molecule has 0 fully saturated rings. The fourth-order valence-electron chi connectivity index (χ4n) is 1.23. The van der Waals surface area contributed by atoms with E-state index in [9.17, 15) is 4.79 Å². The number of fused-ring (bicyclic) bond motifs is 1. The van der Waals surface area contributed by atoms with Gasteiger partial charge >= 0.3 is 5.97 Å². The molecule has 1 N–H and O–H groups in total. The molecule has 0 bridgehead atoms. The van der Waals surface area contributed by atoms with E-state index in [0.717, 1.165) is 17.4 Å². The van der Waals surface area contributed by atoms with Gasteiger partial charge in [0.2, 0.25) is 0 Å². The van der Waals surface area contributed by atoms with Crippen molar-refractivity contribution >= 4 is 22.9 Å². The van der Waals surface area contributed by atoms with E-state index in [2.05, 4.69) is 4.99 Å². The Morgan fingerprint density at radius 2 is 2.62 bits per heavy atom. The Balaban J connectivity index is 2.12. The number of amidine groups is 1. The van der Waals surface area contributed by atoms with E-state index >= 15 is 0 Å². The molecule has 0 saturated heterocycles. The van der Waals surface area contributed by atoms with Crippen LogP contribution in [-0.4, -0.2) is 27.7 Å². The van der Waals surface area contributed by atoms with Crippen LogP contribution in [0.4, 0.5) is 0 Å². The van der Waals surface area contributed by atoms with E-state index in [1.54, 1.807) is 6.20 Å². The van der Waals surface area contributed by atoms with Crippen LogP contribution in [0.1, 0.15) is 6.42 Å². The summed E-state index contributed by atoms with van der Waals surface area (Å²) in [6, 6.07) is 0. The van der Waals surface area contributed by atoms with E-state index in [4.69, 9.17) is 5.11 Å². The second-order valence-electron chi connectivity index (χ2n) is 2.70. The molecule has 13 heavy (non-hydrogen) atoms. The van der Waals surface area contributed by atoms with Gasteiger partial charge in [0, 0.05) is 18.4 Å². The van der Waals surface area contributed by atoms with Gasteiger partial charge in [-0.2, -0.15) is 0 Å². The first-order valence-corrected chi connectivity index (χ1v) is 4.73. The van der Waals surface area contributed by atoms with Gasteiger partial charge in [0.25, 0.3) is 0 Å². The number of hydrogen-bond acceptors (Lipinski definition) is 4. The van der Waals surface area contributed by atoms with Crippen LogP contribution in [-0.2, 0) is 4.79 Å². The lowest BCUT2D eigenvalue weighted by Crippen LogP contribution is -2.27. The number of aliphatic carboxylic acids is 1. The van der Waals surface area contributed by atoms with Gasteiger partial charge < -0.3 is 10.0 Å². The molecule has 0 radical (unpaired) electrons. The zero-order valence-electron chi connectivity index (χ0n) is 6.80. The highest BCUT2D eigenvalue weighted by Crippen LogP contribution is 2.29. The zero-order valence-corrected chi connectivity index (χ0v) is 7.62. The lowest BCUT2D eigenvalue weighted by Gasteiger charge is -2.21. The molecule has 0 aromatic carbocycles. The summed E-state index contributed by atoms with van der Waals surface area (Å²) in [7, 11) is 0. The van der Waals surface area contributed by atoms with Crippen molar-refractivity contribution in [1.82, 2.24) is 4.90 Å². The van der Waals surface area contributed by atoms with E-state index in [0.29, 0.717) is 0 Å². The molecule has 2 aliphatic heterocycles. The van der Waals surface area contributed by atoms with Crippen LogP contribution in [0.25, 0.3) is 0 Å².